The predicted octanol–water partition coefficient (Wildman–Crippen LogP) is 3.89. The van der Waals surface area contributed by atoms with E-state index in [0.29, 0.717) is 17.4 Å². The molecule has 1 saturated carbocycles. The van der Waals surface area contributed by atoms with Crippen LogP contribution >= 0.6 is 11.3 Å². The molecule has 154 valence electrons. The highest BCUT2D eigenvalue weighted by atomic mass is 32.1. The van der Waals surface area contributed by atoms with E-state index in [2.05, 4.69) is 16.8 Å². The Labute approximate surface area is 176 Å². The van der Waals surface area contributed by atoms with Crippen LogP contribution in [0.4, 0.5) is 0 Å². The average Bonchev–Trinajstić information content (AvgIpc) is 3.46. The fourth-order valence-electron chi connectivity index (χ4n) is 3.75. The summed E-state index contributed by atoms with van der Waals surface area (Å²) in [5.41, 5.74) is 0.639. The highest BCUT2D eigenvalue weighted by Gasteiger charge is 2.35. The van der Waals surface area contributed by atoms with Gasteiger partial charge in [0.15, 0.2) is 0 Å². The van der Waals surface area contributed by atoms with E-state index in [9.17, 15) is 9.59 Å². The fourth-order valence-corrected chi connectivity index (χ4v) is 4.58. The average molecular weight is 413 g/mol. The molecule has 0 bridgehead atoms. The van der Waals surface area contributed by atoms with Crippen molar-refractivity contribution in [2.24, 2.45) is 5.92 Å². The minimum Gasteiger partial charge on any atom is -0.490 e. The molecule has 2 aliphatic rings. The maximum absolute atomic E-state index is 12.5. The first-order chi connectivity index (χ1) is 14.1. The van der Waals surface area contributed by atoms with Gasteiger partial charge in [-0.1, -0.05) is 6.07 Å². The topological polar surface area (TPSA) is 58.6 Å². The zero-order chi connectivity index (χ0) is 20.2. The molecule has 0 spiro atoms. The Morgan fingerprint density at radius 1 is 1.14 bits per heavy atom. The number of hydrogen-bond acceptors (Lipinski definition) is 4. The monoisotopic (exact) mass is 412 g/mol. The zero-order valence-corrected chi connectivity index (χ0v) is 17.6. The lowest BCUT2D eigenvalue weighted by molar-refractivity contribution is -0.134. The second-order valence-electron chi connectivity index (χ2n) is 8.10. The highest BCUT2D eigenvalue weighted by molar-refractivity contribution is 7.09. The standard InChI is InChI=1S/C23H28N2O3S/c1-16(15-21-3-2-14-29-21)24-22(26)17-6-8-19(9-7-17)28-20-10-12-25(13-11-20)23(27)18-4-5-18/h2-3,6-9,14,16,18,20H,4-5,10-13,15H2,1H3,(H,24,26). The van der Waals surface area contributed by atoms with Crippen LogP contribution in [0.15, 0.2) is 41.8 Å². The molecule has 1 atom stereocenters. The van der Waals surface area contributed by atoms with E-state index in [-0.39, 0.29) is 18.1 Å². The number of rotatable bonds is 7. The summed E-state index contributed by atoms with van der Waals surface area (Å²) in [6, 6.07) is 11.6. The van der Waals surface area contributed by atoms with Crippen LogP contribution in [0, 0.1) is 5.92 Å². The number of ether oxygens (including phenoxy) is 1. The minimum atomic E-state index is -0.0625. The predicted molar refractivity (Wildman–Crippen MR) is 114 cm³/mol. The van der Waals surface area contributed by atoms with Gasteiger partial charge < -0.3 is 15.0 Å². The number of nitrogens with zero attached hydrogens (tertiary/aromatic N) is 1. The summed E-state index contributed by atoms with van der Waals surface area (Å²) in [4.78, 5) is 27.9. The summed E-state index contributed by atoms with van der Waals surface area (Å²) in [7, 11) is 0. The molecule has 1 aromatic heterocycles. The summed E-state index contributed by atoms with van der Waals surface area (Å²) in [6.45, 7) is 3.58. The largest absolute Gasteiger partial charge is 0.490 e. The van der Waals surface area contributed by atoms with Gasteiger partial charge in [0.1, 0.15) is 11.9 Å². The first-order valence-corrected chi connectivity index (χ1v) is 11.3. The van der Waals surface area contributed by atoms with Gasteiger partial charge in [-0.15, -0.1) is 11.3 Å². The number of nitrogens with one attached hydrogen (secondary N) is 1. The summed E-state index contributed by atoms with van der Waals surface area (Å²) < 4.78 is 6.08. The molecule has 4 rings (SSSR count). The lowest BCUT2D eigenvalue weighted by Crippen LogP contribution is -2.42. The number of piperidine rings is 1. The van der Waals surface area contributed by atoms with Crippen LogP contribution in [0.25, 0.3) is 0 Å². The van der Waals surface area contributed by atoms with Crippen LogP contribution in [0.2, 0.25) is 0 Å². The fraction of sp³-hybridized carbons (Fsp3) is 0.478. The molecule has 1 aliphatic heterocycles. The molecule has 2 amide bonds. The first kappa shape index (κ1) is 20.0. The van der Waals surface area contributed by atoms with Gasteiger partial charge in [0.25, 0.3) is 5.91 Å². The van der Waals surface area contributed by atoms with Crippen LogP contribution in [-0.2, 0) is 11.2 Å². The van der Waals surface area contributed by atoms with Crippen molar-refractivity contribution < 1.29 is 14.3 Å². The third kappa shape index (κ3) is 5.38. The van der Waals surface area contributed by atoms with E-state index in [1.807, 2.05) is 42.2 Å². The lowest BCUT2D eigenvalue weighted by atomic mass is 10.1. The maximum atomic E-state index is 12.5. The third-order valence-electron chi connectivity index (χ3n) is 5.56. The quantitative estimate of drug-likeness (QED) is 0.751. The summed E-state index contributed by atoms with van der Waals surface area (Å²) in [5.74, 6) is 1.33. The molecule has 0 radical (unpaired) electrons. The van der Waals surface area contributed by atoms with Gasteiger partial charge >= 0.3 is 0 Å². The van der Waals surface area contributed by atoms with Crippen LogP contribution in [0.3, 0.4) is 0 Å². The lowest BCUT2D eigenvalue weighted by Gasteiger charge is -2.32. The zero-order valence-electron chi connectivity index (χ0n) is 16.8. The number of benzene rings is 1. The second kappa shape index (κ2) is 8.99. The van der Waals surface area contributed by atoms with E-state index in [1.54, 1.807) is 11.3 Å². The maximum Gasteiger partial charge on any atom is 0.251 e. The summed E-state index contributed by atoms with van der Waals surface area (Å²) >= 11 is 1.71. The summed E-state index contributed by atoms with van der Waals surface area (Å²) in [6.07, 6.45) is 4.81. The smallest absolute Gasteiger partial charge is 0.251 e. The number of thiophene rings is 1. The van der Waals surface area contributed by atoms with Crippen molar-refractivity contribution in [3.05, 3.63) is 52.2 Å². The van der Waals surface area contributed by atoms with E-state index in [1.165, 1.54) is 4.88 Å². The Balaban J connectivity index is 1.23. The Morgan fingerprint density at radius 3 is 2.48 bits per heavy atom. The molecule has 2 fully saturated rings. The highest BCUT2D eigenvalue weighted by Crippen LogP contribution is 2.32. The van der Waals surface area contributed by atoms with E-state index in [4.69, 9.17) is 4.74 Å². The van der Waals surface area contributed by atoms with E-state index >= 15 is 0 Å². The van der Waals surface area contributed by atoms with Crippen molar-refractivity contribution in [3.8, 4) is 5.75 Å². The third-order valence-corrected chi connectivity index (χ3v) is 6.46. The molecule has 1 saturated heterocycles. The van der Waals surface area contributed by atoms with Gasteiger partial charge in [-0.3, -0.25) is 9.59 Å². The Bertz CT molecular complexity index is 822. The van der Waals surface area contributed by atoms with Crippen LogP contribution in [-0.4, -0.2) is 41.9 Å². The van der Waals surface area contributed by atoms with Crippen molar-refractivity contribution in [1.82, 2.24) is 10.2 Å². The molecule has 2 heterocycles. The van der Waals surface area contributed by atoms with Crippen LogP contribution in [0.1, 0.15) is 47.8 Å². The molecular formula is C23H28N2O3S. The molecule has 6 heteroatoms. The van der Waals surface area contributed by atoms with Crippen molar-refractivity contribution in [3.63, 3.8) is 0 Å². The number of carbonyl (C=O) groups excluding carboxylic acids is 2. The van der Waals surface area contributed by atoms with E-state index in [0.717, 1.165) is 50.9 Å². The number of amides is 2. The van der Waals surface area contributed by atoms with E-state index < -0.39 is 0 Å². The molecule has 2 aromatic rings. The molecular weight excluding hydrogens is 384 g/mol. The van der Waals surface area contributed by atoms with Gasteiger partial charge in [-0.2, -0.15) is 0 Å². The molecule has 1 aliphatic carbocycles. The molecule has 1 unspecified atom stereocenters. The Morgan fingerprint density at radius 2 is 1.86 bits per heavy atom. The normalized spacial score (nSPS) is 18.3. The molecule has 1 aromatic carbocycles. The molecule has 5 nitrogen and oxygen atoms in total. The van der Waals surface area contributed by atoms with Crippen LogP contribution < -0.4 is 10.1 Å². The van der Waals surface area contributed by atoms with Gasteiger partial charge in [0.05, 0.1) is 0 Å². The number of carbonyl (C=O) groups is 2. The summed E-state index contributed by atoms with van der Waals surface area (Å²) in [5, 5.41) is 5.11. The molecule has 29 heavy (non-hydrogen) atoms. The molecule has 1 N–H and O–H groups in total. The van der Waals surface area contributed by atoms with Gasteiger partial charge in [0, 0.05) is 54.8 Å². The Hall–Kier alpha value is -2.34. The van der Waals surface area contributed by atoms with Crippen molar-refractivity contribution in [1.29, 1.82) is 0 Å². The second-order valence-corrected chi connectivity index (χ2v) is 9.13. The van der Waals surface area contributed by atoms with Crippen LogP contribution in [0.5, 0.6) is 5.75 Å². The van der Waals surface area contributed by atoms with Gasteiger partial charge in [0.2, 0.25) is 5.91 Å². The Kier molecular flexibility index (Phi) is 6.19. The number of hydrogen-bond donors (Lipinski definition) is 1. The minimum absolute atomic E-state index is 0.0625. The number of likely N-dealkylation sites (tertiary alicyclic amines) is 1. The van der Waals surface area contributed by atoms with Gasteiger partial charge in [-0.05, 0) is 55.5 Å². The first-order valence-electron chi connectivity index (χ1n) is 10.5. The van der Waals surface area contributed by atoms with Crippen molar-refractivity contribution in [2.45, 2.75) is 51.2 Å². The SMILES string of the molecule is CC(Cc1cccs1)NC(=O)c1ccc(OC2CCN(C(=O)C3CC3)CC2)cc1. The van der Waals surface area contributed by atoms with Gasteiger partial charge in [-0.25, -0.2) is 0 Å². The van der Waals surface area contributed by atoms with Crippen molar-refractivity contribution >= 4 is 23.2 Å². The van der Waals surface area contributed by atoms with Crippen molar-refractivity contribution in [2.75, 3.05) is 13.1 Å².